The molecule has 0 spiro atoms. The summed E-state index contributed by atoms with van der Waals surface area (Å²) in [5, 5.41) is -0.487. The van der Waals surface area contributed by atoms with Crippen molar-refractivity contribution in [1.82, 2.24) is 9.88 Å². The third-order valence-corrected chi connectivity index (χ3v) is 2.64. The Kier molecular flexibility index (Phi) is 4.09. The van der Waals surface area contributed by atoms with Crippen molar-refractivity contribution in [2.45, 2.75) is 25.3 Å². The van der Waals surface area contributed by atoms with Crippen molar-refractivity contribution in [3.63, 3.8) is 0 Å². The molecule has 0 aliphatic heterocycles. The van der Waals surface area contributed by atoms with Crippen LogP contribution in [0, 0.1) is 0 Å². The fourth-order valence-electron chi connectivity index (χ4n) is 1.34. The number of carbonyl (C=O) groups is 1. The van der Waals surface area contributed by atoms with E-state index in [2.05, 4.69) is 4.98 Å². The summed E-state index contributed by atoms with van der Waals surface area (Å²) in [6, 6.07) is 3.81. The topological polar surface area (TPSA) is 33.2 Å². The third kappa shape index (κ3) is 2.93. The predicted molar refractivity (Wildman–Crippen MR) is 60.7 cm³/mol. The molecule has 0 aliphatic rings. The SMILES string of the molecule is CC(Cl)C(=O)N(C)C(C)c1ccncc1. The first kappa shape index (κ1) is 12.0. The molecule has 0 aliphatic carbocycles. The number of nitrogens with zero attached hydrogens (tertiary/aromatic N) is 2. The van der Waals surface area contributed by atoms with E-state index >= 15 is 0 Å². The molecule has 0 N–H and O–H groups in total. The molecular weight excluding hydrogens is 212 g/mol. The minimum atomic E-state index is -0.487. The zero-order valence-electron chi connectivity index (χ0n) is 9.14. The van der Waals surface area contributed by atoms with Crippen molar-refractivity contribution in [2.75, 3.05) is 7.05 Å². The third-order valence-electron chi connectivity index (χ3n) is 2.46. The molecule has 0 saturated heterocycles. The van der Waals surface area contributed by atoms with Crippen molar-refractivity contribution in [2.24, 2.45) is 0 Å². The molecule has 4 heteroatoms. The molecule has 0 bridgehead atoms. The monoisotopic (exact) mass is 226 g/mol. The van der Waals surface area contributed by atoms with Crippen molar-refractivity contribution in [3.8, 4) is 0 Å². The van der Waals surface area contributed by atoms with Gasteiger partial charge < -0.3 is 4.90 Å². The molecular formula is C11H15ClN2O. The fraction of sp³-hybridized carbons (Fsp3) is 0.455. The quantitative estimate of drug-likeness (QED) is 0.741. The van der Waals surface area contributed by atoms with Crippen LogP contribution in [0.15, 0.2) is 24.5 Å². The van der Waals surface area contributed by atoms with E-state index in [1.54, 1.807) is 31.3 Å². The fourth-order valence-corrected chi connectivity index (χ4v) is 1.49. The Bertz CT molecular complexity index is 327. The van der Waals surface area contributed by atoms with Crippen LogP contribution in [0.4, 0.5) is 0 Å². The lowest BCUT2D eigenvalue weighted by molar-refractivity contribution is -0.131. The highest BCUT2D eigenvalue weighted by molar-refractivity contribution is 6.30. The van der Waals surface area contributed by atoms with Gasteiger partial charge in [-0.3, -0.25) is 9.78 Å². The highest BCUT2D eigenvalue weighted by Crippen LogP contribution is 2.19. The summed E-state index contributed by atoms with van der Waals surface area (Å²) in [6.45, 7) is 3.64. The van der Waals surface area contributed by atoms with Crippen LogP contribution in [-0.2, 0) is 4.79 Å². The molecule has 1 rings (SSSR count). The van der Waals surface area contributed by atoms with Gasteiger partial charge in [0.05, 0.1) is 6.04 Å². The number of hydrogen-bond donors (Lipinski definition) is 0. The van der Waals surface area contributed by atoms with Gasteiger partial charge in [-0.05, 0) is 31.5 Å². The first-order valence-corrected chi connectivity index (χ1v) is 5.28. The van der Waals surface area contributed by atoms with E-state index in [1.165, 1.54) is 0 Å². The Labute approximate surface area is 95.1 Å². The van der Waals surface area contributed by atoms with Gasteiger partial charge in [0, 0.05) is 19.4 Å². The summed E-state index contributed by atoms with van der Waals surface area (Å²) in [6.07, 6.45) is 3.43. The molecule has 2 unspecified atom stereocenters. The average Bonchev–Trinajstić information content (AvgIpc) is 2.27. The molecule has 0 fully saturated rings. The number of hydrogen-bond acceptors (Lipinski definition) is 2. The predicted octanol–water partition coefficient (Wildman–Crippen LogP) is 2.23. The minimum Gasteiger partial charge on any atom is -0.338 e. The molecule has 0 saturated carbocycles. The van der Waals surface area contributed by atoms with Gasteiger partial charge in [-0.2, -0.15) is 0 Å². The van der Waals surface area contributed by atoms with Crippen molar-refractivity contribution >= 4 is 17.5 Å². The molecule has 1 aromatic rings. The summed E-state index contributed by atoms with van der Waals surface area (Å²) in [5.41, 5.74) is 1.05. The number of amides is 1. The first-order chi connectivity index (χ1) is 7.04. The normalized spacial score (nSPS) is 14.4. The number of carbonyl (C=O) groups excluding carboxylic acids is 1. The van der Waals surface area contributed by atoms with E-state index < -0.39 is 5.38 Å². The first-order valence-electron chi connectivity index (χ1n) is 4.84. The highest BCUT2D eigenvalue weighted by Gasteiger charge is 2.20. The largest absolute Gasteiger partial charge is 0.338 e. The van der Waals surface area contributed by atoms with E-state index in [0.717, 1.165) is 5.56 Å². The molecule has 1 aromatic heterocycles. The number of alkyl halides is 1. The smallest absolute Gasteiger partial charge is 0.240 e. The summed E-state index contributed by atoms with van der Waals surface area (Å²) in [7, 11) is 1.76. The maximum absolute atomic E-state index is 11.6. The van der Waals surface area contributed by atoms with Crippen molar-refractivity contribution in [1.29, 1.82) is 0 Å². The minimum absolute atomic E-state index is 0.0155. The number of rotatable bonds is 3. The standard InChI is InChI=1S/C11H15ClN2O/c1-8(12)11(15)14(3)9(2)10-4-6-13-7-5-10/h4-9H,1-3H3. The Hall–Kier alpha value is -1.09. The van der Waals surface area contributed by atoms with Crippen LogP contribution in [0.3, 0.4) is 0 Å². The summed E-state index contributed by atoms with van der Waals surface area (Å²) >= 11 is 5.75. The van der Waals surface area contributed by atoms with Gasteiger partial charge in [-0.1, -0.05) is 0 Å². The molecule has 0 aromatic carbocycles. The Morgan fingerprint density at radius 1 is 1.40 bits per heavy atom. The Morgan fingerprint density at radius 3 is 2.40 bits per heavy atom. The highest BCUT2D eigenvalue weighted by atomic mass is 35.5. The number of pyridine rings is 1. The van der Waals surface area contributed by atoms with Crippen LogP contribution in [0.2, 0.25) is 0 Å². The zero-order valence-corrected chi connectivity index (χ0v) is 9.90. The lowest BCUT2D eigenvalue weighted by atomic mass is 10.1. The van der Waals surface area contributed by atoms with Crippen LogP contribution >= 0.6 is 11.6 Å². The number of aromatic nitrogens is 1. The van der Waals surface area contributed by atoms with Crippen LogP contribution in [0.5, 0.6) is 0 Å². The molecule has 3 nitrogen and oxygen atoms in total. The van der Waals surface area contributed by atoms with E-state index in [9.17, 15) is 4.79 Å². The Balaban J connectivity index is 2.77. The second-order valence-corrected chi connectivity index (χ2v) is 4.18. The van der Waals surface area contributed by atoms with Crippen LogP contribution in [-0.4, -0.2) is 28.2 Å². The molecule has 15 heavy (non-hydrogen) atoms. The maximum Gasteiger partial charge on any atom is 0.240 e. The second kappa shape index (κ2) is 5.12. The molecule has 2 atom stereocenters. The van der Waals surface area contributed by atoms with E-state index in [1.807, 2.05) is 19.1 Å². The molecule has 1 heterocycles. The Morgan fingerprint density at radius 2 is 1.93 bits per heavy atom. The van der Waals surface area contributed by atoms with E-state index in [-0.39, 0.29) is 11.9 Å². The van der Waals surface area contributed by atoms with Gasteiger partial charge in [-0.25, -0.2) is 0 Å². The zero-order chi connectivity index (χ0) is 11.4. The van der Waals surface area contributed by atoms with Crippen LogP contribution in [0.1, 0.15) is 25.5 Å². The lowest BCUT2D eigenvalue weighted by Gasteiger charge is -2.26. The van der Waals surface area contributed by atoms with Gasteiger partial charge in [0.25, 0.3) is 0 Å². The van der Waals surface area contributed by atoms with Gasteiger partial charge in [0.15, 0.2) is 0 Å². The van der Waals surface area contributed by atoms with Gasteiger partial charge in [0.1, 0.15) is 5.38 Å². The van der Waals surface area contributed by atoms with Gasteiger partial charge in [-0.15, -0.1) is 11.6 Å². The molecule has 0 radical (unpaired) electrons. The van der Waals surface area contributed by atoms with Gasteiger partial charge >= 0.3 is 0 Å². The molecule has 1 amide bonds. The summed E-state index contributed by atoms with van der Waals surface area (Å²) in [5.74, 6) is -0.0685. The van der Waals surface area contributed by atoms with E-state index in [4.69, 9.17) is 11.6 Å². The summed E-state index contributed by atoms with van der Waals surface area (Å²) in [4.78, 5) is 17.2. The van der Waals surface area contributed by atoms with Crippen LogP contribution in [0.25, 0.3) is 0 Å². The number of halogens is 1. The maximum atomic E-state index is 11.6. The average molecular weight is 227 g/mol. The molecule has 82 valence electrons. The second-order valence-electron chi connectivity index (χ2n) is 3.52. The summed E-state index contributed by atoms with van der Waals surface area (Å²) < 4.78 is 0. The van der Waals surface area contributed by atoms with Crippen molar-refractivity contribution < 1.29 is 4.79 Å². The van der Waals surface area contributed by atoms with Crippen LogP contribution < -0.4 is 0 Å². The van der Waals surface area contributed by atoms with Crippen molar-refractivity contribution in [3.05, 3.63) is 30.1 Å². The lowest BCUT2D eigenvalue weighted by Crippen LogP contribution is -2.34. The van der Waals surface area contributed by atoms with Gasteiger partial charge in [0.2, 0.25) is 5.91 Å². The van der Waals surface area contributed by atoms with E-state index in [0.29, 0.717) is 0 Å².